The first-order valence-corrected chi connectivity index (χ1v) is 8.68. The van der Waals surface area contributed by atoms with E-state index in [1.165, 1.54) is 11.2 Å². The van der Waals surface area contributed by atoms with Crippen LogP contribution < -0.4 is 10.2 Å². The molecule has 0 bridgehead atoms. The first kappa shape index (κ1) is 19.0. The highest BCUT2D eigenvalue weighted by atomic mass is 19.4. The maximum absolute atomic E-state index is 14.0. The molecule has 2 N–H and O–H groups in total. The summed E-state index contributed by atoms with van der Waals surface area (Å²) in [6, 6.07) is 2.42. The standard InChI is InChI=1S/C17H15F4N7O/c18-9-4-12(15(29)24-7-17(19,20)21)28(6-9)16-26-8-25-14(27-16)11-5-23-13-10(11)2-1-3-22-13/h1-3,5,8-9,12H,4,6-7H2,(H,22,23)(H,24,29)/t9-,12+/m0/s1. The smallest absolute Gasteiger partial charge is 0.345 e. The molecule has 0 radical (unpaired) electrons. The van der Waals surface area contributed by atoms with Crippen LogP contribution in [0.1, 0.15) is 6.42 Å². The second kappa shape index (κ2) is 7.26. The van der Waals surface area contributed by atoms with Gasteiger partial charge in [-0.3, -0.25) is 4.79 Å². The molecule has 0 aliphatic carbocycles. The van der Waals surface area contributed by atoms with Gasteiger partial charge in [0.25, 0.3) is 0 Å². The lowest BCUT2D eigenvalue weighted by Crippen LogP contribution is -2.46. The molecule has 0 unspecified atom stereocenters. The highest BCUT2D eigenvalue weighted by Gasteiger charge is 2.40. The second-order valence-corrected chi connectivity index (χ2v) is 6.55. The number of anilines is 1. The number of fused-ring (bicyclic) bond motifs is 1. The van der Waals surface area contributed by atoms with Gasteiger partial charge < -0.3 is 15.2 Å². The van der Waals surface area contributed by atoms with Gasteiger partial charge in [-0.05, 0) is 12.1 Å². The van der Waals surface area contributed by atoms with Crippen molar-refractivity contribution in [2.24, 2.45) is 0 Å². The fraction of sp³-hybridized carbons (Fsp3) is 0.353. The van der Waals surface area contributed by atoms with Gasteiger partial charge in [0, 0.05) is 29.8 Å². The monoisotopic (exact) mass is 409 g/mol. The van der Waals surface area contributed by atoms with Crippen molar-refractivity contribution in [2.45, 2.75) is 24.8 Å². The van der Waals surface area contributed by atoms with Crippen molar-refractivity contribution in [3.8, 4) is 11.4 Å². The van der Waals surface area contributed by atoms with Gasteiger partial charge in [-0.15, -0.1) is 0 Å². The normalized spacial score (nSPS) is 19.7. The van der Waals surface area contributed by atoms with Crippen LogP contribution in [0.15, 0.2) is 30.9 Å². The molecule has 3 aromatic rings. The fourth-order valence-electron chi connectivity index (χ4n) is 3.26. The summed E-state index contributed by atoms with van der Waals surface area (Å²) in [7, 11) is 0. The first-order chi connectivity index (χ1) is 13.8. The van der Waals surface area contributed by atoms with E-state index in [2.05, 4.69) is 24.9 Å². The van der Waals surface area contributed by atoms with Gasteiger partial charge in [-0.25, -0.2) is 19.3 Å². The van der Waals surface area contributed by atoms with Crippen LogP contribution in [0, 0.1) is 0 Å². The molecule has 1 amide bonds. The lowest BCUT2D eigenvalue weighted by atomic mass is 10.2. The van der Waals surface area contributed by atoms with Crippen LogP contribution in [0.3, 0.4) is 0 Å². The largest absolute Gasteiger partial charge is 0.405 e. The summed E-state index contributed by atoms with van der Waals surface area (Å²) in [4.78, 5) is 33.1. The average Bonchev–Trinajstić information content (AvgIpc) is 3.29. The molecule has 152 valence electrons. The Morgan fingerprint density at radius 2 is 2.14 bits per heavy atom. The zero-order valence-electron chi connectivity index (χ0n) is 14.8. The number of nitrogens with one attached hydrogen (secondary N) is 2. The minimum atomic E-state index is -4.56. The molecule has 4 rings (SSSR count). The van der Waals surface area contributed by atoms with Crippen LogP contribution in [0.25, 0.3) is 22.4 Å². The summed E-state index contributed by atoms with van der Waals surface area (Å²) in [6.45, 7) is -1.69. The second-order valence-electron chi connectivity index (χ2n) is 6.55. The number of rotatable bonds is 4. The van der Waals surface area contributed by atoms with Crippen molar-refractivity contribution in [3.05, 3.63) is 30.9 Å². The summed E-state index contributed by atoms with van der Waals surface area (Å²) in [5.74, 6) is -0.646. The maximum Gasteiger partial charge on any atom is 0.405 e. The molecule has 1 aliphatic rings. The molecule has 3 aromatic heterocycles. The zero-order valence-corrected chi connectivity index (χ0v) is 14.8. The van der Waals surface area contributed by atoms with E-state index in [9.17, 15) is 22.4 Å². The number of pyridine rings is 1. The number of aromatic amines is 1. The topological polar surface area (TPSA) is 99.7 Å². The number of hydrogen-bond donors (Lipinski definition) is 2. The molecule has 1 saturated heterocycles. The highest BCUT2D eigenvalue weighted by Crippen LogP contribution is 2.28. The lowest BCUT2D eigenvalue weighted by molar-refractivity contribution is -0.139. The summed E-state index contributed by atoms with van der Waals surface area (Å²) in [6.07, 6.45) is -1.71. The Labute approximate surface area is 161 Å². The van der Waals surface area contributed by atoms with Crippen molar-refractivity contribution >= 4 is 22.9 Å². The van der Waals surface area contributed by atoms with Crippen molar-refractivity contribution in [3.63, 3.8) is 0 Å². The number of nitrogens with zero attached hydrogens (tertiary/aromatic N) is 5. The van der Waals surface area contributed by atoms with Gasteiger partial charge in [0.1, 0.15) is 30.7 Å². The molecule has 1 fully saturated rings. The molecule has 0 spiro atoms. The number of alkyl halides is 4. The number of halogens is 4. The van der Waals surface area contributed by atoms with Gasteiger partial charge >= 0.3 is 6.18 Å². The predicted octanol–water partition coefficient (Wildman–Crippen LogP) is 2.01. The number of H-pyrrole nitrogens is 1. The third kappa shape index (κ3) is 3.96. The molecule has 1 aliphatic heterocycles. The quantitative estimate of drug-likeness (QED) is 0.640. The van der Waals surface area contributed by atoms with E-state index < -0.39 is 30.8 Å². The van der Waals surface area contributed by atoms with Crippen LogP contribution in [-0.2, 0) is 4.79 Å². The lowest BCUT2D eigenvalue weighted by Gasteiger charge is -2.23. The number of carbonyl (C=O) groups is 1. The molecule has 4 heterocycles. The number of hydrogen-bond acceptors (Lipinski definition) is 6. The third-order valence-electron chi connectivity index (χ3n) is 4.52. The van der Waals surface area contributed by atoms with E-state index >= 15 is 0 Å². The Morgan fingerprint density at radius 3 is 2.93 bits per heavy atom. The predicted molar refractivity (Wildman–Crippen MR) is 94.6 cm³/mol. The molecule has 12 heteroatoms. The van der Waals surface area contributed by atoms with Crippen LogP contribution in [0.4, 0.5) is 23.5 Å². The minimum Gasteiger partial charge on any atom is -0.345 e. The van der Waals surface area contributed by atoms with Gasteiger partial charge in [-0.2, -0.15) is 18.2 Å². The Kier molecular flexibility index (Phi) is 4.76. The summed E-state index contributed by atoms with van der Waals surface area (Å²) >= 11 is 0. The van der Waals surface area contributed by atoms with E-state index in [1.807, 2.05) is 6.07 Å². The third-order valence-corrected chi connectivity index (χ3v) is 4.52. The zero-order chi connectivity index (χ0) is 20.6. The van der Waals surface area contributed by atoms with Crippen LogP contribution >= 0.6 is 0 Å². The Balaban J connectivity index is 1.62. The molecule has 29 heavy (non-hydrogen) atoms. The summed E-state index contributed by atoms with van der Waals surface area (Å²) < 4.78 is 51.2. The Morgan fingerprint density at radius 1 is 1.31 bits per heavy atom. The molecule has 0 saturated carbocycles. The number of aromatic nitrogens is 5. The Hall–Kier alpha value is -3.31. The Bertz CT molecular complexity index is 1040. The summed E-state index contributed by atoms with van der Waals surface area (Å²) in [5.41, 5.74) is 1.25. The van der Waals surface area contributed by atoms with Crippen molar-refractivity contribution in [1.82, 2.24) is 30.2 Å². The van der Waals surface area contributed by atoms with E-state index in [0.717, 1.165) is 5.39 Å². The molecule has 8 nitrogen and oxygen atoms in total. The SMILES string of the molecule is O=C(NCC(F)(F)F)[C@H]1C[C@H](F)CN1c1ncnc(-c2c[nH]c3ncccc23)n1. The van der Waals surface area contributed by atoms with Crippen molar-refractivity contribution < 1.29 is 22.4 Å². The molecule has 0 aromatic carbocycles. The molecular weight excluding hydrogens is 394 g/mol. The highest BCUT2D eigenvalue weighted by molar-refractivity contribution is 5.91. The van der Waals surface area contributed by atoms with Crippen molar-refractivity contribution in [2.75, 3.05) is 18.0 Å². The van der Waals surface area contributed by atoms with Gasteiger partial charge in [0.05, 0.1) is 6.54 Å². The number of amides is 1. The van der Waals surface area contributed by atoms with Crippen LogP contribution in [-0.4, -0.2) is 62.3 Å². The van der Waals surface area contributed by atoms with Gasteiger partial charge in [0.15, 0.2) is 5.82 Å². The van der Waals surface area contributed by atoms with Gasteiger partial charge in [0.2, 0.25) is 11.9 Å². The van der Waals surface area contributed by atoms with Crippen LogP contribution in [0.2, 0.25) is 0 Å². The summed E-state index contributed by atoms with van der Waals surface area (Å²) in [5, 5.41) is 2.55. The van der Waals surface area contributed by atoms with Gasteiger partial charge in [-0.1, -0.05) is 0 Å². The molecular formula is C17H15F4N7O. The van der Waals surface area contributed by atoms with E-state index in [-0.39, 0.29) is 24.7 Å². The van der Waals surface area contributed by atoms with E-state index in [0.29, 0.717) is 11.2 Å². The molecule has 2 atom stereocenters. The minimum absolute atomic E-state index is 0.0144. The first-order valence-electron chi connectivity index (χ1n) is 8.68. The van der Waals surface area contributed by atoms with Crippen LogP contribution in [0.5, 0.6) is 0 Å². The van der Waals surface area contributed by atoms with Crippen molar-refractivity contribution in [1.29, 1.82) is 0 Å². The van der Waals surface area contributed by atoms with E-state index in [1.54, 1.807) is 23.8 Å². The number of carbonyl (C=O) groups excluding carboxylic acids is 1. The average molecular weight is 409 g/mol. The maximum atomic E-state index is 14.0. The fourth-order valence-corrected chi connectivity index (χ4v) is 3.26. The van der Waals surface area contributed by atoms with E-state index in [4.69, 9.17) is 0 Å².